The summed E-state index contributed by atoms with van der Waals surface area (Å²) >= 11 is 0. The van der Waals surface area contributed by atoms with E-state index in [-0.39, 0.29) is 81.8 Å². The van der Waals surface area contributed by atoms with Crippen molar-refractivity contribution in [2.45, 2.75) is 105 Å². The van der Waals surface area contributed by atoms with Crippen LogP contribution in [-0.4, -0.2) is 14.1 Å². The van der Waals surface area contributed by atoms with E-state index in [4.69, 9.17) is 17.9 Å². The molecule has 6 heteroatoms. The fraction of sp³-hybridized carbons (Fsp3) is 0.211. The van der Waals surface area contributed by atoms with Gasteiger partial charge in [0.05, 0.1) is 16.7 Å². The minimum atomic E-state index is -2.92. The molecule has 0 saturated carbocycles. The fourth-order valence-corrected chi connectivity index (χ4v) is 12.8. The van der Waals surface area contributed by atoms with Gasteiger partial charge in [-0.25, -0.2) is 4.98 Å². The van der Waals surface area contributed by atoms with Gasteiger partial charge in [-0.2, -0.15) is 18.2 Å². The molecule has 3 aromatic heterocycles. The summed E-state index contributed by atoms with van der Waals surface area (Å²) in [7, 11) is 0. The molecule has 9 aromatic carbocycles. The number of imidazole rings is 1. The zero-order chi connectivity index (χ0) is 65.9. The van der Waals surface area contributed by atoms with E-state index in [9.17, 15) is 8.22 Å². The summed E-state index contributed by atoms with van der Waals surface area (Å²) in [5.74, 6) is 1.52. The largest absolute Gasteiger partial charge is 0.510 e. The number of aromatic nitrogens is 4. The van der Waals surface area contributed by atoms with Crippen molar-refractivity contribution in [2.75, 3.05) is 0 Å². The average Bonchev–Trinajstić information content (AvgIpc) is 1.33. The number of benzene rings is 9. The average molecular weight is 1260 g/mol. The van der Waals surface area contributed by atoms with E-state index in [0.29, 0.717) is 45.0 Å². The third-order valence-electron chi connectivity index (χ3n) is 17.1. The Kier molecular flexibility index (Phi) is 9.76. The first-order chi connectivity index (χ1) is 43.8. The van der Waals surface area contributed by atoms with Crippen molar-refractivity contribution in [1.29, 1.82) is 0 Å². The van der Waals surface area contributed by atoms with Gasteiger partial charge in [-0.3, -0.25) is 4.57 Å². The van der Waals surface area contributed by atoms with Gasteiger partial charge < -0.3 is 13.9 Å². The van der Waals surface area contributed by atoms with E-state index < -0.39 is 27.4 Å². The van der Waals surface area contributed by atoms with Gasteiger partial charge in [-0.1, -0.05) is 157 Å². The number of aryl methyl sites for hydroxylation is 4. The molecule has 12 aromatic rings. The number of rotatable bonds is 6. The summed E-state index contributed by atoms with van der Waals surface area (Å²) in [6, 6.07) is 59.4. The molecule has 0 N–H and O–H groups in total. The van der Waals surface area contributed by atoms with Crippen LogP contribution in [0.5, 0.6) is 11.5 Å². The summed E-state index contributed by atoms with van der Waals surface area (Å²) in [6.45, 7) is 3.92. The summed E-state index contributed by atoms with van der Waals surface area (Å²) in [4.78, 5) is 4.87. The van der Waals surface area contributed by atoms with E-state index in [1.807, 2.05) is 100 Å². The van der Waals surface area contributed by atoms with Crippen LogP contribution in [0.2, 0.25) is 0 Å². The molecule has 14 rings (SSSR count). The van der Waals surface area contributed by atoms with Gasteiger partial charge in [0.15, 0.2) is 0 Å². The third-order valence-corrected chi connectivity index (χ3v) is 17.1. The van der Waals surface area contributed by atoms with Gasteiger partial charge in [-0.05, 0) is 199 Å². The number of ether oxygens (including phenoxy) is 1. The van der Waals surface area contributed by atoms with Gasteiger partial charge in [0.25, 0.3) is 6.33 Å². The molecule has 1 aliphatic heterocycles. The van der Waals surface area contributed by atoms with Crippen LogP contribution in [0.15, 0.2) is 176 Å². The molecular weight excluding hydrogens is 1180 g/mol. The first kappa shape index (κ1) is 41.0. The van der Waals surface area contributed by atoms with Crippen molar-refractivity contribution >= 4 is 32.8 Å². The van der Waals surface area contributed by atoms with Crippen LogP contribution in [0.4, 0.5) is 0 Å². The van der Waals surface area contributed by atoms with Crippen LogP contribution >= 0.6 is 0 Å². The second-order valence-electron chi connectivity index (χ2n) is 24.2. The molecule has 0 amide bonds. The molecule has 0 bridgehead atoms. The number of nitrogens with zero attached hydrogens (tertiary/aromatic N) is 4. The Hall–Kier alpha value is -8.11. The number of pyridine rings is 1. The minimum absolute atomic E-state index is 0. The van der Waals surface area contributed by atoms with Crippen LogP contribution in [0.25, 0.3) is 106 Å². The molecule has 2 aliphatic rings. The standard InChI is InChI=1S/C76H66N4O.Pt/c1-46-20-16-21-47(2)70(46)50-38-62-61-44-65-64(75(8,9)35-36-76(65,10)11)43-60(61)56-27-13-12-26-55(56)59-29-19-31-67-73(59)79(72(62)63(39-50)71-48(3)22-17-23-49(71)4)45-78(67)52-24-18-25-53(41-52)81-54-32-33-58-57-28-14-15-30-66(57)80(68(58)42-54)69-40-51(34-37-77-69)74(5,6)7;/h12-34,37-40,43-44H,35-36H2,1-11H3;/q-2;/i1D3,2D3,3D3,4D3;. The van der Waals surface area contributed by atoms with Gasteiger partial charge in [0, 0.05) is 60.7 Å². The molecule has 0 saturated heterocycles. The summed E-state index contributed by atoms with van der Waals surface area (Å²) in [5, 5.41) is 2.00. The Morgan fingerprint density at radius 2 is 1.13 bits per heavy atom. The molecule has 0 unspecified atom stereocenters. The maximum Gasteiger partial charge on any atom is 0.268 e. The van der Waals surface area contributed by atoms with Gasteiger partial charge in [-0.15, -0.1) is 29.7 Å². The van der Waals surface area contributed by atoms with Gasteiger partial charge >= 0.3 is 0 Å². The van der Waals surface area contributed by atoms with Crippen molar-refractivity contribution in [2.24, 2.45) is 0 Å². The Labute approximate surface area is 514 Å². The topological polar surface area (TPSA) is 35.9 Å². The molecule has 0 radical (unpaired) electrons. The normalized spacial score (nSPS) is 16.8. The molecule has 0 fully saturated rings. The van der Waals surface area contributed by atoms with Gasteiger partial charge in [0.1, 0.15) is 5.82 Å². The molecule has 5 nitrogen and oxygen atoms in total. The van der Waals surface area contributed by atoms with Crippen molar-refractivity contribution in [3.63, 3.8) is 0 Å². The van der Waals surface area contributed by atoms with E-state index >= 15 is 0 Å². The van der Waals surface area contributed by atoms with E-state index in [0.717, 1.165) is 79.4 Å². The fourth-order valence-electron chi connectivity index (χ4n) is 12.8. The second kappa shape index (κ2) is 19.5. The molecule has 4 heterocycles. The molecule has 408 valence electrons. The third kappa shape index (κ3) is 8.52. The predicted octanol–water partition coefficient (Wildman–Crippen LogP) is 19.1. The molecule has 0 atom stereocenters. The van der Waals surface area contributed by atoms with Crippen LogP contribution in [-0.2, 0) is 37.3 Å². The van der Waals surface area contributed by atoms with Crippen LogP contribution in [0, 0.1) is 45.9 Å². The number of para-hydroxylation sites is 2. The van der Waals surface area contributed by atoms with Crippen molar-refractivity contribution in [3.05, 3.63) is 233 Å². The maximum atomic E-state index is 9.21. The molecular formula is C76H66N4OPt-2. The smallest absolute Gasteiger partial charge is 0.268 e. The Balaban J connectivity index is 0.00000803. The second-order valence-corrected chi connectivity index (χ2v) is 24.2. The van der Waals surface area contributed by atoms with Crippen molar-refractivity contribution in [1.82, 2.24) is 14.1 Å². The van der Waals surface area contributed by atoms with Crippen LogP contribution in [0.1, 0.15) is 117 Å². The number of hydrogen-bond acceptors (Lipinski definition) is 2. The quantitative estimate of drug-likeness (QED) is 0.123. The Morgan fingerprint density at radius 3 is 1.83 bits per heavy atom. The first-order valence-corrected chi connectivity index (χ1v) is 27.7. The van der Waals surface area contributed by atoms with Crippen molar-refractivity contribution in [3.8, 4) is 84.3 Å². The summed E-state index contributed by atoms with van der Waals surface area (Å²) in [6.07, 6.45) is 7.33. The zero-order valence-electron chi connectivity index (χ0n) is 58.7. The minimum Gasteiger partial charge on any atom is -0.510 e. The molecule has 1 aliphatic carbocycles. The number of hydrogen-bond donors (Lipinski definition) is 0. The first-order valence-electron chi connectivity index (χ1n) is 33.7. The monoisotopic (exact) mass is 1260 g/mol. The predicted molar refractivity (Wildman–Crippen MR) is 334 cm³/mol. The SMILES string of the molecule is [2H]C([2H])([2H])c1cccc(C([2H])([2H])[2H])c1-c1cc2c(c(-c3c(C([2H])([2H])[2H])cccc3C([2H])([2H])[2H])c1)-[n+]1[c-]n(-c3[c-]c(Oc4[c-]c5c(cc4)c4ccccc4n5-c4cc(C(C)(C)C)ccn4)ccc3)c3cccc(c31)-c1ccccc1-c1cc3c(cc1-2)C(C)(C)CCC3(C)C.[Pt]. The van der Waals surface area contributed by atoms with Crippen LogP contribution < -0.4 is 9.30 Å². The van der Waals surface area contributed by atoms with E-state index in [1.165, 1.54) is 36.4 Å². The Bertz CT molecular complexity index is 5010. The van der Waals surface area contributed by atoms with Gasteiger partial charge in [0.2, 0.25) is 0 Å². The Morgan fingerprint density at radius 1 is 0.549 bits per heavy atom. The molecule has 82 heavy (non-hydrogen) atoms. The summed E-state index contributed by atoms with van der Waals surface area (Å²) < 4.78 is 122. The maximum absolute atomic E-state index is 9.21. The van der Waals surface area contributed by atoms with Crippen molar-refractivity contribution < 1.29 is 46.8 Å². The zero-order valence-corrected chi connectivity index (χ0v) is 48.9. The van der Waals surface area contributed by atoms with Crippen LogP contribution in [0.3, 0.4) is 0 Å². The molecule has 0 spiro atoms. The van der Waals surface area contributed by atoms with E-state index in [2.05, 4.69) is 114 Å². The summed E-state index contributed by atoms with van der Waals surface area (Å²) in [5.41, 5.74) is 9.60. The van der Waals surface area contributed by atoms with E-state index in [1.54, 1.807) is 6.07 Å². The number of fused-ring (bicyclic) bond motifs is 11.